The molecule has 1 aromatic heterocycles. The van der Waals surface area contributed by atoms with E-state index < -0.39 is 23.7 Å². The lowest BCUT2D eigenvalue weighted by Gasteiger charge is -2.26. The van der Waals surface area contributed by atoms with E-state index in [1.807, 2.05) is 0 Å². The summed E-state index contributed by atoms with van der Waals surface area (Å²) in [6, 6.07) is 4.02. The first-order chi connectivity index (χ1) is 12.7. The van der Waals surface area contributed by atoms with Gasteiger partial charge in [0.2, 0.25) is 0 Å². The Morgan fingerprint density at radius 1 is 1.33 bits per heavy atom. The predicted molar refractivity (Wildman–Crippen MR) is 102 cm³/mol. The summed E-state index contributed by atoms with van der Waals surface area (Å²) in [5, 5.41) is 3.08. The molecule has 0 fully saturated rings. The lowest BCUT2D eigenvalue weighted by atomic mass is 10.0. The number of methoxy groups -OCH3 is 1. The molecule has 1 amide bonds. The molecule has 0 aliphatic heterocycles. The Hall–Kier alpha value is -2.38. The SMILES string of the molecule is COC(=O)c1c(C)[nH]c(C(=O)NCC(c2c(F)cccc2Cl)N(C)C)c1C. The van der Waals surface area contributed by atoms with Gasteiger partial charge in [0.15, 0.2) is 0 Å². The minimum absolute atomic E-state index is 0.136. The first-order valence-corrected chi connectivity index (χ1v) is 8.72. The zero-order valence-corrected chi connectivity index (χ0v) is 16.7. The van der Waals surface area contributed by atoms with Crippen LogP contribution in [0.25, 0.3) is 0 Å². The van der Waals surface area contributed by atoms with Crippen molar-refractivity contribution in [2.45, 2.75) is 19.9 Å². The average molecular weight is 396 g/mol. The van der Waals surface area contributed by atoms with Gasteiger partial charge in [-0.25, -0.2) is 9.18 Å². The summed E-state index contributed by atoms with van der Waals surface area (Å²) in [4.78, 5) is 29.2. The molecular formula is C19H23ClFN3O3. The maximum atomic E-state index is 14.3. The molecule has 1 heterocycles. The van der Waals surface area contributed by atoms with E-state index in [1.54, 1.807) is 38.9 Å². The fourth-order valence-electron chi connectivity index (χ4n) is 3.03. The summed E-state index contributed by atoms with van der Waals surface area (Å²) in [6.07, 6.45) is 0. The van der Waals surface area contributed by atoms with Gasteiger partial charge in [-0.3, -0.25) is 4.79 Å². The second kappa shape index (κ2) is 8.54. The number of aromatic amines is 1. The highest BCUT2D eigenvalue weighted by molar-refractivity contribution is 6.31. The van der Waals surface area contributed by atoms with Gasteiger partial charge in [-0.15, -0.1) is 0 Å². The van der Waals surface area contributed by atoms with Gasteiger partial charge >= 0.3 is 5.97 Å². The van der Waals surface area contributed by atoms with Gasteiger partial charge in [-0.1, -0.05) is 17.7 Å². The average Bonchev–Trinajstić information content (AvgIpc) is 2.90. The fraction of sp³-hybridized carbons (Fsp3) is 0.368. The van der Waals surface area contributed by atoms with Crippen LogP contribution in [0.4, 0.5) is 4.39 Å². The number of H-pyrrole nitrogens is 1. The van der Waals surface area contributed by atoms with Gasteiger partial charge < -0.3 is 19.9 Å². The minimum atomic E-state index is -0.510. The van der Waals surface area contributed by atoms with E-state index in [-0.39, 0.29) is 12.2 Å². The van der Waals surface area contributed by atoms with Crippen molar-refractivity contribution in [1.82, 2.24) is 15.2 Å². The number of halogens is 2. The molecule has 0 saturated heterocycles. The number of carbonyl (C=O) groups is 2. The van der Waals surface area contributed by atoms with Gasteiger partial charge in [-0.2, -0.15) is 0 Å². The summed E-state index contributed by atoms with van der Waals surface area (Å²) in [7, 11) is 4.84. The van der Waals surface area contributed by atoms with Crippen molar-refractivity contribution >= 4 is 23.5 Å². The van der Waals surface area contributed by atoms with Crippen LogP contribution in [0.2, 0.25) is 5.02 Å². The molecule has 2 aromatic rings. The van der Waals surface area contributed by atoms with Crippen LogP contribution in [0.5, 0.6) is 0 Å². The van der Waals surface area contributed by atoms with Crippen LogP contribution in [0, 0.1) is 19.7 Å². The topological polar surface area (TPSA) is 74.4 Å². The van der Waals surface area contributed by atoms with E-state index in [9.17, 15) is 14.0 Å². The number of ether oxygens (including phenoxy) is 1. The normalized spacial score (nSPS) is 12.1. The lowest BCUT2D eigenvalue weighted by Crippen LogP contribution is -2.35. The number of aromatic nitrogens is 1. The molecule has 2 rings (SSSR count). The van der Waals surface area contributed by atoms with Gasteiger partial charge in [-0.05, 0) is 45.6 Å². The molecule has 1 unspecified atom stereocenters. The van der Waals surface area contributed by atoms with Gasteiger partial charge in [0.05, 0.1) is 18.7 Å². The quantitative estimate of drug-likeness (QED) is 0.736. The first kappa shape index (κ1) is 20.9. The standard InChI is InChI=1S/C19H23ClFN3O3/c1-10-15(19(26)27-5)11(2)23-17(10)18(25)22-9-14(24(3)4)16-12(20)7-6-8-13(16)21/h6-8,14,23H,9H2,1-5H3,(H,22,25). The fourth-order valence-corrected chi connectivity index (χ4v) is 3.32. The van der Waals surface area contributed by atoms with Crippen LogP contribution in [0.1, 0.15) is 43.7 Å². The summed E-state index contributed by atoms with van der Waals surface area (Å²) in [6.45, 7) is 3.50. The van der Waals surface area contributed by atoms with Crippen molar-refractivity contribution in [3.8, 4) is 0 Å². The van der Waals surface area contributed by atoms with Crippen LogP contribution >= 0.6 is 11.6 Å². The van der Waals surface area contributed by atoms with Crippen molar-refractivity contribution in [1.29, 1.82) is 0 Å². The molecule has 0 bridgehead atoms. The Bertz CT molecular complexity index is 844. The zero-order chi connectivity index (χ0) is 20.3. The van der Waals surface area contributed by atoms with Crippen LogP contribution in [-0.2, 0) is 4.74 Å². The third-order valence-corrected chi connectivity index (χ3v) is 4.80. The molecule has 0 aliphatic carbocycles. The Morgan fingerprint density at radius 2 is 2.00 bits per heavy atom. The van der Waals surface area contributed by atoms with E-state index >= 15 is 0 Å². The van der Waals surface area contributed by atoms with Crippen LogP contribution in [0.15, 0.2) is 18.2 Å². The third-order valence-electron chi connectivity index (χ3n) is 4.47. The lowest BCUT2D eigenvalue weighted by molar-refractivity contribution is 0.0599. The molecule has 146 valence electrons. The largest absolute Gasteiger partial charge is 0.465 e. The van der Waals surface area contributed by atoms with Crippen molar-refractivity contribution < 1.29 is 18.7 Å². The van der Waals surface area contributed by atoms with E-state index in [1.165, 1.54) is 19.2 Å². The van der Waals surface area contributed by atoms with Crippen molar-refractivity contribution in [3.63, 3.8) is 0 Å². The number of nitrogens with one attached hydrogen (secondary N) is 2. The third kappa shape index (κ3) is 4.31. The zero-order valence-electron chi connectivity index (χ0n) is 15.9. The first-order valence-electron chi connectivity index (χ1n) is 8.35. The molecule has 2 N–H and O–H groups in total. The van der Waals surface area contributed by atoms with Crippen molar-refractivity contribution in [2.24, 2.45) is 0 Å². The minimum Gasteiger partial charge on any atom is -0.465 e. The molecule has 1 aromatic carbocycles. The molecule has 27 heavy (non-hydrogen) atoms. The highest BCUT2D eigenvalue weighted by Gasteiger charge is 2.25. The van der Waals surface area contributed by atoms with E-state index in [2.05, 4.69) is 10.3 Å². The second-order valence-electron chi connectivity index (χ2n) is 6.44. The molecule has 8 heteroatoms. The second-order valence-corrected chi connectivity index (χ2v) is 6.85. The van der Waals surface area contributed by atoms with Crippen molar-refractivity contribution in [2.75, 3.05) is 27.7 Å². The number of rotatable bonds is 6. The number of carbonyl (C=O) groups excluding carboxylic acids is 2. The number of likely N-dealkylation sites (N-methyl/N-ethyl adjacent to an activating group) is 1. The molecule has 0 radical (unpaired) electrons. The maximum absolute atomic E-state index is 14.3. The van der Waals surface area contributed by atoms with Gasteiger partial charge in [0.1, 0.15) is 11.5 Å². The number of aryl methyl sites for hydroxylation is 1. The Kier molecular flexibility index (Phi) is 6.62. The molecule has 1 atom stereocenters. The number of hydrogen-bond donors (Lipinski definition) is 2. The number of benzene rings is 1. The summed E-state index contributed by atoms with van der Waals surface area (Å²) in [5.41, 5.74) is 1.97. The summed E-state index contributed by atoms with van der Waals surface area (Å²) < 4.78 is 19.0. The summed E-state index contributed by atoms with van der Waals surface area (Å²) in [5.74, 6) is -1.34. The summed E-state index contributed by atoms with van der Waals surface area (Å²) >= 11 is 6.16. The van der Waals surface area contributed by atoms with Gasteiger partial charge in [0.25, 0.3) is 5.91 Å². The smallest absolute Gasteiger partial charge is 0.339 e. The Morgan fingerprint density at radius 3 is 2.56 bits per heavy atom. The molecule has 0 aliphatic rings. The monoisotopic (exact) mass is 395 g/mol. The highest BCUT2D eigenvalue weighted by atomic mass is 35.5. The van der Waals surface area contributed by atoms with Crippen molar-refractivity contribution in [3.05, 3.63) is 57.1 Å². The molecule has 0 saturated carbocycles. The van der Waals surface area contributed by atoms with E-state index in [0.29, 0.717) is 27.4 Å². The number of hydrogen-bond acceptors (Lipinski definition) is 4. The van der Waals surface area contributed by atoms with Gasteiger partial charge in [0, 0.05) is 22.8 Å². The number of esters is 1. The number of amides is 1. The number of nitrogens with zero attached hydrogens (tertiary/aromatic N) is 1. The Balaban J connectivity index is 2.24. The van der Waals surface area contributed by atoms with Crippen LogP contribution in [-0.4, -0.2) is 49.5 Å². The van der Waals surface area contributed by atoms with Crippen LogP contribution in [0.3, 0.4) is 0 Å². The Labute approximate surface area is 162 Å². The molecule has 6 nitrogen and oxygen atoms in total. The maximum Gasteiger partial charge on any atom is 0.339 e. The molecule has 0 spiro atoms. The molecular weight excluding hydrogens is 373 g/mol. The van der Waals surface area contributed by atoms with E-state index in [0.717, 1.165) is 0 Å². The van der Waals surface area contributed by atoms with Crippen LogP contribution < -0.4 is 5.32 Å². The highest BCUT2D eigenvalue weighted by Crippen LogP contribution is 2.28. The predicted octanol–water partition coefficient (Wildman–Crippen LogP) is 3.24. The van der Waals surface area contributed by atoms with E-state index in [4.69, 9.17) is 16.3 Å².